The summed E-state index contributed by atoms with van der Waals surface area (Å²) in [7, 11) is 0. The normalized spacial score (nSPS) is 16.2. The van der Waals surface area contributed by atoms with E-state index in [0.717, 1.165) is 64.3 Å². The molecule has 5 nitrogen and oxygen atoms in total. The smallest absolute Gasteiger partial charge is 0.164 e. The lowest BCUT2D eigenvalue weighted by Gasteiger charge is -2.26. The lowest BCUT2D eigenvalue weighted by molar-refractivity contribution is 0.605. The second kappa shape index (κ2) is 12.7. The van der Waals surface area contributed by atoms with Gasteiger partial charge in [-0.15, -0.1) is 0 Å². The molecule has 270 valence electrons. The maximum absolute atomic E-state index is 6.30. The summed E-state index contributed by atoms with van der Waals surface area (Å²) in [4.78, 5) is 15.7. The molecule has 3 heterocycles. The molecule has 6 aromatic carbocycles. The quantitative estimate of drug-likeness (QED) is 0.177. The van der Waals surface area contributed by atoms with Crippen LogP contribution in [-0.4, -0.2) is 19.5 Å². The summed E-state index contributed by atoms with van der Waals surface area (Å²) in [6, 6.07) is 47.3. The zero-order valence-electron chi connectivity index (χ0n) is 31.2. The number of nitrogens with zero attached hydrogens (tertiary/aromatic N) is 4. The molecule has 9 aromatic rings. The zero-order valence-corrected chi connectivity index (χ0v) is 31.2. The number of aromatic nitrogens is 4. The number of allylic oxidation sites excluding steroid dienone is 8. The lowest BCUT2D eigenvalue weighted by Crippen LogP contribution is -2.14. The summed E-state index contributed by atoms with van der Waals surface area (Å²) in [5.41, 5.74) is 15.0. The van der Waals surface area contributed by atoms with E-state index in [-0.39, 0.29) is 6.04 Å². The SMILES string of the molecule is C1=CC(c2ccc3c(c2)c2ccccc2n3C2CC=CC3=C2Cc2cccc(-c4nc(-c5ccccc5)nc(-c5cccc6oc7ccccc7c56)n4)c23)=CCC1. The van der Waals surface area contributed by atoms with Gasteiger partial charge in [0.15, 0.2) is 17.5 Å². The summed E-state index contributed by atoms with van der Waals surface area (Å²) in [6.45, 7) is 0. The second-order valence-electron chi connectivity index (χ2n) is 15.3. The first-order valence-corrected chi connectivity index (χ1v) is 19.9. The van der Waals surface area contributed by atoms with Gasteiger partial charge in [-0.2, -0.15) is 0 Å². The van der Waals surface area contributed by atoms with Gasteiger partial charge in [0.05, 0.1) is 6.04 Å². The molecule has 3 aromatic heterocycles. The maximum Gasteiger partial charge on any atom is 0.164 e. The Bertz CT molecular complexity index is 3250. The van der Waals surface area contributed by atoms with Crippen molar-refractivity contribution in [1.82, 2.24) is 19.5 Å². The third-order valence-corrected chi connectivity index (χ3v) is 12.1. The van der Waals surface area contributed by atoms with Gasteiger partial charge < -0.3 is 8.98 Å². The van der Waals surface area contributed by atoms with E-state index in [0.29, 0.717) is 17.5 Å². The first kappa shape index (κ1) is 32.2. The molecule has 0 bridgehead atoms. The van der Waals surface area contributed by atoms with Crippen molar-refractivity contribution in [1.29, 1.82) is 0 Å². The van der Waals surface area contributed by atoms with Crippen LogP contribution in [0.25, 0.3) is 89.1 Å². The Morgan fingerprint density at radius 1 is 0.561 bits per heavy atom. The van der Waals surface area contributed by atoms with Gasteiger partial charge in [-0.25, -0.2) is 15.0 Å². The van der Waals surface area contributed by atoms with Crippen LogP contribution in [-0.2, 0) is 6.42 Å². The van der Waals surface area contributed by atoms with Crippen LogP contribution in [0.2, 0.25) is 0 Å². The molecule has 0 radical (unpaired) electrons. The Balaban J connectivity index is 1.04. The highest BCUT2D eigenvalue weighted by atomic mass is 16.3. The molecule has 1 atom stereocenters. The topological polar surface area (TPSA) is 56.7 Å². The van der Waals surface area contributed by atoms with E-state index in [1.54, 1.807) is 0 Å². The summed E-state index contributed by atoms with van der Waals surface area (Å²) >= 11 is 0. The van der Waals surface area contributed by atoms with Gasteiger partial charge in [0, 0.05) is 49.3 Å². The molecule has 5 heteroatoms. The molecule has 3 aliphatic carbocycles. The van der Waals surface area contributed by atoms with Crippen LogP contribution in [0.1, 0.15) is 42.0 Å². The Hall–Kier alpha value is -7.11. The number of fused-ring (bicyclic) bond motifs is 8. The Kier molecular flexibility index (Phi) is 7.18. The minimum absolute atomic E-state index is 0.174. The molecule has 0 spiro atoms. The van der Waals surface area contributed by atoms with Crippen LogP contribution in [0, 0.1) is 0 Å². The lowest BCUT2D eigenvalue weighted by atomic mass is 9.91. The van der Waals surface area contributed by atoms with E-state index < -0.39 is 0 Å². The molecule has 12 rings (SSSR count). The molecule has 0 fully saturated rings. The maximum atomic E-state index is 6.30. The van der Waals surface area contributed by atoms with Crippen molar-refractivity contribution in [3.05, 3.63) is 186 Å². The van der Waals surface area contributed by atoms with E-state index in [9.17, 15) is 0 Å². The van der Waals surface area contributed by atoms with Crippen LogP contribution < -0.4 is 0 Å². The summed E-state index contributed by atoms with van der Waals surface area (Å²) in [5, 5.41) is 4.66. The predicted octanol–water partition coefficient (Wildman–Crippen LogP) is 13.1. The van der Waals surface area contributed by atoms with Gasteiger partial charge >= 0.3 is 0 Å². The molecular weight excluding hydrogens is 697 g/mol. The van der Waals surface area contributed by atoms with E-state index in [2.05, 4.69) is 126 Å². The van der Waals surface area contributed by atoms with Gasteiger partial charge in [0.25, 0.3) is 0 Å². The molecule has 57 heavy (non-hydrogen) atoms. The number of rotatable bonds is 5. The van der Waals surface area contributed by atoms with Crippen LogP contribution >= 0.6 is 0 Å². The Labute approximate surface area is 329 Å². The van der Waals surface area contributed by atoms with E-state index in [4.69, 9.17) is 19.4 Å². The molecule has 0 amide bonds. The van der Waals surface area contributed by atoms with Crippen LogP contribution in [0.4, 0.5) is 0 Å². The van der Waals surface area contributed by atoms with Crippen LogP contribution in [0.15, 0.2) is 174 Å². The van der Waals surface area contributed by atoms with Crippen molar-refractivity contribution in [2.24, 2.45) is 0 Å². The first-order valence-electron chi connectivity index (χ1n) is 19.9. The number of benzene rings is 6. The third-order valence-electron chi connectivity index (χ3n) is 12.1. The molecular formula is C52H36N4O. The van der Waals surface area contributed by atoms with Crippen LogP contribution in [0.3, 0.4) is 0 Å². The van der Waals surface area contributed by atoms with E-state index in [1.165, 1.54) is 55.2 Å². The average Bonchev–Trinajstić information content (AvgIpc) is 3.96. The number of hydrogen-bond acceptors (Lipinski definition) is 4. The standard InChI is InChI=1S/C52H36N4O/c1-3-14-32(15-4-1)34-28-29-45-41(30-34)36-19-7-9-24-43(36)56(45)44-25-12-21-37-42(44)31-35-18-11-22-39(48(35)37)51-53-50(33-16-5-2-6-17-33)54-52(55-51)40-23-13-27-47-49(40)38-20-8-10-26-46(38)57-47/h2-3,5-24,26-30,44H,1,4,25,31H2. The number of para-hydroxylation sites is 2. The largest absolute Gasteiger partial charge is 0.456 e. The summed E-state index contributed by atoms with van der Waals surface area (Å²) in [5.74, 6) is 1.94. The third kappa shape index (κ3) is 5.05. The van der Waals surface area contributed by atoms with Gasteiger partial charge in [0.2, 0.25) is 0 Å². The van der Waals surface area contributed by atoms with E-state index in [1.807, 2.05) is 42.5 Å². The van der Waals surface area contributed by atoms with Crippen molar-refractivity contribution in [2.45, 2.75) is 31.7 Å². The van der Waals surface area contributed by atoms with Crippen molar-refractivity contribution in [3.8, 4) is 34.2 Å². The highest BCUT2D eigenvalue weighted by Gasteiger charge is 2.33. The molecule has 3 aliphatic rings. The molecule has 0 saturated heterocycles. The minimum atomic E-state index is 0.174. The molecule has 0 N–H and O–H groups in total. The van der Waals surface area contributed by atoms with Crippen molar-refractivity contribution < 1.29 is 4.42 Å². The Morgan fingerprint density at radius 2 is 1.32 bits per heavy atom. The van der Waals surface area contributed by atoms with Gasteiger partial charge in [-0.05, 0) is 89.4 Å². The number of hydrogen-bond donors (Lipinski definition) is 0. The monoisotopic (exact) mass is 732 g/mol. The molecule has 1 unspecified atom stereocenters. The zero-order chi connectivity index (χ0) is 37.5. The Morgan fingerprint density at radius 3 is 2.21 bits per heavy atom. The first-order chi connectivity index (χ1) is 28.3. The average molecular weight is 733 g/mol. The fraction of sp³-hybridized carbons (Fsp3) is 0.0962. The summed E-state index contributed by atoms with van der Waals surface area (Å²) < 4.78 is 8.91. The number of furan rings is 1. The molecule has 0 saturated carbocycles. The summed E-state index contributed by atoms with van der Waals surface area (Å²) in [6.07, 6.45) is 15.7. The van der Waals surface area contributed by atoms with E-state index >= 15 is 0 Å². The van der Waals surface area contributed by atoms with Gasteiger partial charge in [-0.3, -0.25) is 0 Å². The highest BCUT2D eigenvalue weighted by molar-refractivity contribution is 6.12. The van der Waals surface area contributed by atoms with Crippen molar-refractivity contribution in [2.75, 3.05) is 0 Å². The molecule has 0 aliphatic heterocycles. The highest BCUT2D eigenvalue weighted by Crippen LogP contribution is 2.49. The fourth-order valence-electron chi connectivity index (χ4n) is 9.56. The fourth-order valence-corrected chi connectivity index (χ4v) is 9.56. The van der Waals surface area contributed by atoms with Crippen LogP contribution in [0.5, 0.6) is 0 Å². The predicted molar refractivity (Wildman–Crippen MR) is 233 cm³/mol. The minimum Gasteiger partial charge on any atom is -0.456 e. The van der Waals surface area contributed by atoms with Crippen molar-refractivity contribution >= 4 is 54.9 Å². The van der Waals surface area contributed by atoms with Gasteiger partial charge in [0.1, 0.15) is 11.2 Å². The second-order valence-corrected chi connectivity index (χ2v) is 15.3. The van der Waals surface area contributed by atoms with Crippen molar-refractivity contribution in [3.63, 3.8) is 0 Å². The van der Waals surface area contributed by atoms with Gasteiger partial charge in [-0.1, -0.05) is 134 Å².